The fourth-order valence-corrected chi connectivity index (χ4v) is 4.55. The van der Waals surface area contributed by atoms with Crippen LogP contribution >= 0.6 is 0 Å². The Hall–Kier alpha value is -3.57. The number of imidazole rings is 1. The first-order valence-electron chi connectivity index (χ1n) is 11.6. The molecule has 1 aliphatic heterocycles. The van der Waals surface area contributed by atoms with Crippen LogP contribution in [0.25, 0.3) is 21.8 Å². The summed E-state index contributed by atoms with van der Waals surface area (Å²) in [5, 5.41) is 4.79. The molecule has 178 valence electrons. The highest BCUT2D eigenvalue weighted by Crippen LogP contribution is 2.26. The molecule has 34 heavy (non-hydrogen) atoms. The lowest BCUT2D eigenvalue weighted by Crippen LogP contribution is -2.53. The molecule has 2 amide bonds. The maximum absolute atomic E-state index is 13.6. The first-order valence-corrected chi connectivity index (χ1v) is 11.6. The average molecular weight is 463 g/mol. The number of aromatic amines is 1. The molecule has 8 heteroatoms. The van der Waals surface area contributed by atoms with Crippen molar-refractivity contribution in [3.05, 3.63) is 41.7 Å². The summed E-state index contributed by atoms with van der Waals surface area (Å²) >= 11 is 0. The lowest BCUT2D eigenvalue weighted by atomic mass is 9.90. The molecule has 0 unspecified atom stereocenters. The highest BCUT2D eigenvalue weighted by Gasteiger charge is 2.34. The standard InChI is InChI=1S/C26H30N4O4/c1-4-12-30(25(31)23(29-26(32)33-3)18-10-13-34-14-11-18)16-22-27-21-9-7-19-15-17(5-2)6-8-20(19)24(21)28-22/h2,6-9,15,18,23H,4,10-14,16H2,1,3H3,(H,27,28)(H,29,32)/t23-/m0/s1. The number of carbonyl (C=O) groups is 2. The Morgan fingerprint density at radius 1 is 1.32 bits per heavy atom. The first kappa shape index (κ1) is 23.6. The van der Waals surface area contributed by atoms with Crippen molar-refractivity contribution < 1.29 is 19.1 Å². The minimum absolute atomic E-state index is 0.00956. The minimum atomic E-state index is -0.671. The van der Waals surface area contributed by atoms with Gasteiger partial charge in [-0.25, -0.2) is 9.78 Å². The van der Waals surface area contributed by atoms with Crippen LogP contribution in [0.3, 0.4) is 0 Å². The predicted octanol–water partition coefficient (Wildman–Crippen LogP) is 3.59. The predicted molar refractivity (Wildman–Crippen MR) is 130 cm³/mol. The van der Waals surface area contributed by atoms with E-state index < -0.39 is 12.1 Å². The van der Waals surface area contributed by atoms with Crippen molar-refractivity contribution in [3.63, 3.8) is 0 Å². The molecule has 2 aromatic carbocycles. The van der Waals surface area contributed by atoms with E-state index in [9.17, 15) is 9.59 Å². The maximum Gasteiger partial charge on any atom is 0.407 e. The van der Waals surface area contributed by atoms with E-state index >= 15 is 0 Å². The fraction of sp³-hybridized carbons (Fsp3) is 0.423. The van der Waals surface area contributed by atoms with Crippen LogP contribution in [0.1, 0.15) is 37.6 Å². The molecular weight excluding hydrogens is 432 g/mol. The molecule has 2 N–H and O–H groups in total. The van der Waals surface area contributed by atoms with E-state index in [4.69, 9.17) is 20.9 Å². The van der Waals surface area contributed by atoms with E-state index in [0.29, 0.717) is 45.0 Å². The number of alkyl carbamates (subject to hydrolysis) is 1. The van der Waals surface area contributed by atoms with Crippen LogP contribution in [0.4, 0.5) is 4.79 Å². The Morgan fingerprint density at radius 2 is 2.12 bits per heavy atom. The number of H-pyrrole nitrogens is 1. The number of rotatable bonds is 7. The Bertz CT molecular complexity index is 1220. The molecule has 1 fully saturated rings. The SMILES string of the molecule is C#Cc1ccc2c(ccc3[nH]c(CN(CCC)C(=O)[C@@H](NC(=O)OC)C4CCOCC4)nc32)c1. The van der Waals surface area contributed by atoms with E-state index in [-0.39, 0.29) is 11.8 Å². The number of terminal acetylenes is 1. The Labute approximate surface area is 199 Å². The van der Waals surface area contributed by atoms with Gasteiger partial charge in [0.15, 0.2) is 0 Å². The summed E-state index contributed by atoms with van der Waals surface area (Å²) in [6, 6.07) is 9.16. The normalized spacial score (nSPS) is 15.1. The Morgan fingerprint density at radius 3 is 2.82 bits per heavy atom. The number of fused-ring (bicyclic) bond motifs is 3. The van der Waals surface area contributed by atoms with Crippen molar-refractivity contribution in [2.75, 3.05) is 26.9 Å². The van der Waals surface area contributed by atoms with Crippen LogP contribution in [0.15, 0.2) is 30.3 Å². The molecular formula is C26H30N4O4. The third kappa shape index (κ3) is 5.00. The molecule has 1 aromatic heterocycles. The van der Waals surface area contributed by atoms with Crippen LogP contribution in [0, 0.1) is 18.3 Å². The number of ether oxygens (including phenoxy) is 2. The van der Waals surface area contributed by atoms with Crippen molar-refractivity contribution in [2.45, 2.75) is 38.8 Å². The molecule has 1 atom stereocenters. The molecule has 0 spiro atoms. The highest BCUT2D eigenvalue weighted by molar-refractivity contribution is 6.04. The van der Waals surface area contributed by atoms with Crippen molar-refractivity contribution in [1.29, 1.82) is 0 Å². The zero-order valence-electron chi connectivity index (χ0n) is 19.6. The quantitative estimate of drug-likeness (QED) is 0.523. The molecule has 0 bridgehead atoms. The number of hydrogen-bond donors (Lipinski definition) is 2. The summed E-state index contributed by atoms with van der Waals surface area (Å²) in [6.07, 6.45) is 7.12. The van der Waals surface area contributed by atoms with E-state index in [1.54, 1.807) is 4.90 Å². The van der Waals surface area contributed by atoms with Gasteiger partial charge in [0.05, 0.1) is 24.7 Å². The highest BCUT2D eigenvalue weighted by atomic mass is 16.5. The molecule has 8 nitrogen and oxygen atoms in total. The number of methoxy groups -OCH3 is 1. The van der Waals surface area contributed by atoms with Gasteiger partial charge in [-0.15, -0.1) is 6.42 Å². The van der Waals surface area contributed by atoms with Gasteiger partial charge in [0.25, 0.3) is 0 Å². The van der Waals surface area contributed by atoms with Gasteiger partial charge in [-0.3, -0.25) is 4.79 Å². The molecule has 0 radical (unpaired) electrons. The number of amides is 2. The zero-order chi connectivity index (χ0) is 24.1. The second-order valence-electron chi connectivity index (χ2n) is 8.55. The van der Waals surface area contributed by atoms with Gasteiger partial charge < -0.3 is 24.7 Å². The first-order chi connectivity index (χ1) is 16.5. The van der Waals surface area contributed by atoms with Crippen molar-refractivity contribution >= 4 is 33.8 Å². The van der Waals surface area contributed by atoms with Crippen molar-refractivity contribution in [2.24, 2.45) is 5.92 Å². The number of hydrogen-bond acceptors (Lipinski definition) is 5. The smallest absolute Gasteiger partial charge is 0.407 e. The molecule has 4 rings (SSSR count). The van der Waals surface area contributed by atoms with E-state index in [1.807, 2.05) is 37.3 Å². The number of carbonyl (C=O) groups excluding carboxylic acids is 2. The summed E-state index contributed by atoms with van der Waals surface area (Å²) in [4.78, 5) is 35.6. The van der Waals surface area contributed by atoms with E-state index in [1.165, 1.54) is 7.11 Å². The fourth-order valence-electron chi connectivity index (χ4n) is 4.55. The van der Waals surface area contributed by atoms with E-state index in [2.05, 4.69) is 16.2 Å². The van der Waals surface area contributed by atoms with Crippen LogP contribution in [-0.2, 0) is 20.8 Å². The van der Waals surface area contributed by atoms with Gasteiger partial charge in [0, 0.05) is 30.7 Å². The molecule has 0 saturated carbocycles. The lowest BCUT2D eigenvalue weighted by molar-refractivity contribution is -0.136. The summed E-state index contributed by atoms with van der Waals surface area (Å²) in [5.41, 5.74) is 2.56. The maximum atomic E-state index is 13.6. The summed E-state index contributed by atoms with van der Waals surface area (Å²) < 4.78 is 10.2. The molecule has 3 aromatic rings. The van der Waals surface area contributed by atoms with Crippen molar-refractivity contribution in [1.82, 2.24) is 20.2 Å². The van der Waals surface area contributed by atoms with Crippen LogP contribution in [0.2, 0.25) is 0 Å². The molecule has 2 heterocycles. The number of aromatic nitrogens is 2. The Balaban J connectivity index is 1.62. The number of nitrogens with one attached hydrogen (secondary N) is 2. The van der Waals surface area contributed by atoms with Crippen molar-refractivity contribution in [3.8, 4) is 12.3 Å². The molecule has 1 aliphatic rings. The topological polar surface area (TPSA) is 96.6 Å². The van der Waals surface area contributed by atoms with Gasteiger partial charge in [0.2, 0.25) is 5.91 Å². The van der Waals surface area contributed by atoms with Gasteiger partial charge in [-0.1, -0.05) is 25.0 Å². The van der Waals surface area contributed by atoms with E-state index in [0.717, 1.165) is 33.8 Å². The van der Waals surface area contributed by atoms with Crippen LogP contribution < -0.4 is 5.32 Å². The van der Waals surface area contributed by atoms with Gasteiger partial charge in [-0.05, 0) is 48.8 Å². The average Bonchev–Trinajstić information content (AvgIpc) is 3.29. The Kier molecular flexibility index (Phi) is 7.33. The second-order valence-corrected chi connectivity index (χ2v) is 8.55. The zero-order valence-corrected chi connectivity index (χ0v) is 19.6. The summed E-state index contributed by atoms with van der Waals surface area (Å²) in [6.45, 7) is 4.03. The van der Waals surface area contributed by atoms with Crippen LogP contribution in [-0.4, -0.2) is 59.8 Å². The number of nitrogens with zero attached hydrogens (tertiary/aromatic N) is 2. The second kappa shape index (κ2) is 10.6. The lowest BCUT2D eigenvalue weighted by Gasteiger charge is -2.33. The van der Waals surface area contributed by atoms with Gasteiger partial charge >= 0.3 is 6.09 Å². The number of benzene rings is 2. The molecule has 1 saturated heterocycles. The van der Waals surface area contributed by atoms with Crippen LogP contribution in [0.5, 0.6) is 0 Å². The largest absolute Gasteiger partial charge is 0.453 e. The minimum Gasteiger partial charge on any atom is -0.453 e. The van der Waals surface area contributed by atoms with Gasteiger partial charge in [0.1, 0.15) is 11.9 Å². The third-order valence-corrected chi connectivity index (χ3v) is 6.29. The van der Waals surface area contributed by atoms with Gasteiger partial charge in [-0.2, -0.15) is 0 Å². The molecule has 0 aliphatic carbocycles. The third-order valence-electron chi connectivity index (χ3n) is 6.29. The summed E-state index contributed by atoms with van der Waals surface area (Å²) in [5.74, 6) is 3.20. The monoisotopic (exact) mass is 462 g/mol. The summed E-state index contributed by atoms with van der Waals surface area (Å²) in [7, 11) is 1.30.